The van der Waals surface area contributed by atoms with E-state index in [1.54, 1.807) is 0 Å². The van der Waals surface area contributed by atoms with Crippen LogP contribution in [0.5, 0.6) is 0 Å². The minimum Gasteiger partial charge on any atom is -0.147 e. The van der Waals surface area contributed by atoms with Crippen molar-refractivity contribution in [2.45, 2.75) is 39.5 Å². The second-order valence-electron chi connectivity index (χ2n) is 2.49. The van der Waals surface area contributed by atoms with Gasteiger partial charge in [-0.2, -0.15) is 0 Å². The molecule has 74 valence electrons. The average Bonchev–Trinajstić information content (AvgIpc) is 2.03. The van der Waals surface area contributed by atoms with Crippen molar-refractivity contribution in [2.75, 3.05) is 13.2 Å². The summed E-state index contributed by atoms with van der Waals surface area (Å²) < 4.78 is 10.6. The number of unbranched alkanes of at least 4 members (excludes halogenated alkanes) is 2. The Morgan fingerprint density at radius 1 is 0.917 bits per heavy atom. The Morgan fingerprint density at radius 2 is 1.33 bits per heavy atom. The molecule has 4 heteroatoms. The first-order valence-electron chi connectivity index (χ1n) is 4.40. The molecule has 0 aromatic heterocycles. The first kappa shape index (κ1) is 15.4. The van der Waals surface area contributed by atoms with Crippen LogP contribution in [0, 0.1) is 0 Å². The van der Waals surface area contributed by atoms with Crippen LogP contribution in [-0.4, -0.2) is 13.2 Å². The molecule has 12 heavy (non-hydrogen) atoms. The minimum atomic E-state index is -0.519. The van der Waals surface area contributed by atoms with Gasteiger partial charge in [0, 0.05) is 0 Å². The van der Waals surface area contributed by atoms with E-state index in [-0.39, 0.29) is 12.4 Å². The van der Waals surface area contributed by atoms with Crippen LogP contribution < -0.4 is 0 Å². The van der Waals surface area contributed by atoms with Crippen molar-refractivity contribution >= 4 is 12.4 Å². The van der Waals surface area contributed by atoms with Gasteiger partial charge in [-0.15, -0.1) is 12.4 Å². The van der Waals surface area contributed by atoms with Crippen molar-refractivity contribution < 1.29 is 26.6 Å². The Kier molecular flexibility index (Phi) is 18.5. The molecule has 0 aliphatic rings. The summed E-state index contributed by atoms with van der Waals surface area (Å²) in [5.74, 6) is 0. The first-order valence-corrected chi connectivity index (χ1v) is 5.67. The van der Waals surface area contributed by atoms with Gasteiger partial charge in [0.05, 0.1) is 0 Å². The van der Waals surface area contributed by atoms with E-state index in [2.05, 4.69) is 13.8 Å². The topological polar surface area (TPSA) is 18.5 Å². The van der Waals surface area contributed by atoms with Crippen molar-refractivity contribution in [2.24, 2.45) is 0 Å². The molecule has 0 aliphatic carbocycles. The molecule has 0 rings (SSSR count). The molecular formula is C8H19ClO2Ti. The van der Waals surface area contributed by atoms with E-state index in [0.29, 0.717) is 0 Å². The molecule has 0 radical (unpaired) electrons. The fourth-order valence-electron chi connectivity index (χ4n) is 0.558. The van der Waals surface area contributed by atoms with Crippen molar-refractivity contribution in [3.8, 4) is 0 Å². The molecule has 0 heterocycles. The van der Waals surface area contributed by atoms with Gasteiger partial charge in [0.2, 0.25) is 0 Å². The number of hydrogen-bond acceptors (Lipinski definition) is 2. The number of hydrogen-bond donors (Lipinski definition) is 0. The van der Waals surface area contributed by atoms with Gasteiger partial charge in [0.1, 0.15) is 0 Å². The Hall–Kier alpha value is 0.924. The summed E-state index contributed by atoms with van der Waals surface area (Å²) in [4.78, 5) is 0. The van der Waals surface area contributed by atoms with Crippen LogP contribution >= 0.6 is 12.4 Å². The molecular weight excluding hydrogens is 211 g/mol. The zero-order chi connectivity index (χ0) is 8.36. The monoisotopic (exact) mass is 230 g/mol. The molecule has 0 atom stereocenters. The predicted molar refractivity (Wildman–Crippen MR) is 49.0 cm³/mol. The zero-order valence-electron chi connectivity index (χ0n) is 7.97. The Labute approximate surface area is 91.7 Å². The summed E-state index contributed by atoms with van der Waals surface area (Å²) >= 11 is -0.519. The van der Waals surface area contributed by atoms with Gasteiger partial charge in [0.25, 0.3) is 0 Å². The largest absolute Gasteiger partial charge is 0.147 e. The maximum Gasteiger partial charge on any atom is -0.147 e. The molecule has 0 aromatic carbocycles. The van der Waals surface area contributed by atoms with Gasteiger partial charge in [0.15, 0.2) is 0 Å². The molecule has 0 saturated heterocycles. The molecule has 0 saturated carbocycles. The SMILES string of the molecule is CCCC[O][Ti][O]CCCC.Cl. The molecule has 0 aromatic rings. The average molecular weight is 231 g/mol. The van der Waals surface area contributed by atoms with Crippen LogP contribution in [0.15, 0.2) is 0 Å². The summed E-state index contributed by atoms with van der Waals surface area (Å²) in [7, 11) is 0. The fraction of sp³-hybridized carbons (Fsp3) is 1.00. The molecule has 0 bridgehead atoms. The molecule has 0 fully saturated rings. The molecule has 0 aliphatic heterocycles. The van der Waals surface area contributed by atoms with Gasteiger partial charge in [-0.3, -0.25) is 0 Å². The standard InChI is InChI=1S/2C4H9O.ClH.Ti/c2*1-2-3-4-5;;/h2*2-4H2,1H3;1H;/q2*-1;;+2. The molecule has 2 nitrogen and oxygen atoms in total. The van der Waals surface area contributed by atoms with E-state index in [9.17, 15) is 0 Å². The zero-order valence-corrected chi connectivity index (χ0v) is 10.3. The predicted octanol–water partition coefficient (Wildman–Crippen LogP) is 2.95. The van der Waals surface area contributed by atoms with Crippen molar-refractivity contribution in [1.82, 2.24) is 0 Å². The third-order valence-corrected chi connectivity index (χ3v) is 2.32. The smallest absolute Gasteiger partial charge is 0.147 e. The number of halogens is 1. The van der Waals surface area contributed by atoms with Gasteiger partial charge < -0.3 is 0 Å². The van der Waals surface area contributed by atoms with E-state index >= 15 is 0 Å². The molecule has 0 N–H and O–H groups in total. The summed E-state index contributed by atoms with van der Waals surface area (Å²) in [6.07, 6.45) is 4.75. The van der Waals surface area contributed by atoms with Gasteiger partial charge in [-0.1, -0.05) is 0 Å². The van der Waals surface area contributed by atoms with Crippen LogP contribution in [0.3, 0.4) is 0 Å². The number of rotatable bonds is 8. The van der Waals surface area contributed by atoms with Gasteiger partial charge in [-0.05, 0) is 0 Å². The van der Waals surface area contributed by atoms with Gasteiger partial charge >= 0.3 is 79.3 Å². The third-order valence-electron chi connectivity index (χ3n) is 1.32. The maximum atomic E-state index is 5.32. The third kappa shape index (κ3) is 13.5. The van der Waals surface area contributed by atoms with Gasteiger partial charge in [-0.25, -0.2) is 0 Å². The quantitative estimate of drug-likeness (QED) is 0.471. The van der Waals surface area contributed by atoms with E-state index in [1.165, 1.54) is 25.7 Å². The van der Waals surface area contributed by atoms with Crippen LogP contribution in [-0.2, 0) is 26.6 Å². The normalized spacial score (nSPS) is 9.17. The molecule has 0 amide bonds. The first-order chi connectivity index (χ1) is 5.41. The van der Waals surface area contributed by atoms with E-state index in [0.717, 1.165) is 13.2 Å². The van der Waals surface area contributed by atoms with Crippen LogP contribution in [0.4, 0.5) is 0 Å². The Bertz CT molecular complexity index is 66.1. The van der Waals surface area contributed by atoms with Crippen LogP contribution in [0.2, 0.25) is 0 Å². The maximum absolute atomic E-state index is 5.32. The second-order valence-corrected chi connectivity index (χ2v) is 3.65. The Morgan fingerprint density at radius 3 is 1.67 bits per heavy atom. The summed E-state index contributed by atoms with van der Waals surface area (Å²) in [6, 6.07) is 0. The fourth-order valence-corrected chi connectivity index (χ4v) is 1.40. The second kappa shape index (κ2) is 14.4. The van der Waals surface area contributed by atoms with Crippen molar-refractivity contribution in [3.63, 3.8) is 0 Å². The van der Waals surface area contributed by atoms with E-state index < -0.39 is 19.9 Å². The summed E-state index contributed by atoms with van der Waals surface area (Å²) in [6.45, 7) is 6.12. The van der Waals surface area contributed by atoms with Crippen LogP contribution in [0.25, 0.3) is 0 Å². The summed E-state index contributed by atoms with van der Waals surface area (Å²) in [5, 5.41) is 0. The van der Waals surface area contributed by atoms with Crippen molar-refractivity contribution in [1.29, 1.82) is 0 Å². The van der Waals surface area contributed by atoms with E-state index in [4.69, 9.17) is 6.64 Å². The van der Waals surface area contributed by atoms with Crippen LogP contribution in [0.1, 0.15) is 39.5 Å². The van der Waals surface area contributed by atoms with E-state index in [1.807, 2.05) is 0 Å². The molecule has 0 unspecified atom stereocenters. The molecule has 0 spiro atoms. The minimum absolute atomic E-state index is 0. The summed E-state index contributed by atoms with van der Waals surface area (Å²) in [5.41, 5.74) is 0. The Balaban J connectivity index is 0. The van der Waals surface area contributed by atoms with Crippen molar-refractivity contribution in [3.05, 3.63) is 0 Å².